The van der Waals surface area contributed by atoms with Gasteiger partial charge in [0.2, 0.25) is 0 Å². The standard InChI is InChI=1S/C17H26BN5O4/c1-12-13(9-14(18(25)26)10-15(12)20-21-19)11-22-5-7-23(8-6-22)16(24)27-17(2,3)4/h9-10,25-26H,5-8,11H2,1-4H3. The summed E-state index contributed by atoms with van der Waals surface area (Å²) >= 11 is 0. The third-order valence-corrected chi connectivity index (χ3v) is 4.38. The maximum atomic E-state index is 12.2. The van der Waals surface area contributed by atoms with Gasteiger partial charge in [-0.05, 0) is 49.8 Å². The number of ether oxygens (including phenoxy) is 1. The molecule has 0 radical (unpaired) electrons. The molecule has 10 heteroatoms. The van der Waals surface area contributed by atoms with Crippen LogP contribution in [-0.2, 0) is 11.3 Å². The second kappa shape index (κ2) is 8.62. The van der Waals surface area contributed by atoms with Crippen molar-refractivity contribution in [2.45, 2.75) is 39.8 Å². The summed E-state index contributed by atoms with van der Waals surface area (Å²) in [5.41, 5.74) is 10.5. The largest absolute Gasteiger partial charge is 0.488 e. The number of benzene rings is 1. The highest BCUT2D eigenvalue weighted by atomic mass is 16.6. The number of piperazine rings is 1. The lowest BCUT2D eigenvalue weighted by Crippen LogP contribution is -2.49. The van der Waals surface area contributed by atoms with Gasteiger partial charge in [0, 0.05) is 43.3 Å². The topological polar surface area (TPSA) is 122 Å². The average Bonchev–Trinajstić information content (AvgIpc) is 2.57. The summed E-state index contributed by atoms with van der Waals surface area (Å²) < 4.78 is 5.40. The maximum absolute atomic E-state index is 12.2. The van der Waals surface area contributed by atoms with Gasteiger partial charge < -0.3 is 19.7 Å². The van der Waals surface area contributed by atoms with Crippen molar-refractivity contribution in [2.24, 2.45) is 5.11 Å². The summed E-state index contributed by atoms with van der Waals surface area (Å²) in [4.78, 5) is 18.8. The molecule has 1 saturated heterocycles. The van der Waals surface area contributed by atoms with E-state index in [1.807, 2.05) is 27.7 Å². The van der Waals surface area contributed by atoms with Crippen molar-refractivity contribution in [2.75, 3.05) is 26.2 Å². The third kappa shape index (κ3) is 5.87. The van der Waals surface area contributed by atoms with E-state index < -0.39 is 12.7 Å². The highest BCUT2D eigenvalue weighted by Crippen LogP contribution is 2.23. The van der Waals surface area contributed by atoms with Crippen LogP contribution < -0.4 is 5.46 Å². The van der Waals surface area contributed by atoms with Crippen molar-refractivity contribution in [3.8, 4) is 0 Å². The molecule has 0 bridgehead atoms. The Balaban J connectivity index is 2.06. The Labute approximate surface area is 159 Å². The Hall–Kier alpha value is -2.26. The number of azide groups is 1. The fourth-order valence-corrected chi connectivity index (χ4v) is 2.90. The molecule has 9 nitrogen and oxygen atoms in total. The van der Waals surface area contributed by atoms with E-state index in [9.17, 15) is 14.8 Å². The predicted octanol–water partition coefficient (Wildman–Crippen LogP) is 1.67. The molecule has 2 N–H and O–H groups in total. The van der Waals surface area contributed by atoms with Crippen LogP contribution in [0, 0.1) is 6.92 Å². The van der Waals surface area contributed by atoms with Gasteiger partial charge in [0.15, 0.2) is 0 Å². The van der Waals surface area contributed by atoms with Gasteiger partial charge in [-0.25, -0.2) is 4.79 Å². The second-order valence-corrected chi connectivity index (χ2v) is 7.63. The van der Waals surface area contributed by atoms with Crippen LogP contribution in [-0.4, -0.2) is 64.8 Å². The van der Waals surface area contributed by atoms with Crippen molar-refractivity contribution in [1.82, 2.24) is 9.80 Å². The predicted molar refractivity (Wildman–Crippen MR) is 103 cm³/mol. The molecule has 0 atom stereocenters. The van der Waals surface area contributed by atoms with Gasteiger partial charge in [-0.2, -0.15) is 0 Å². The highest BCUT2D eigenvalue weighted by Gasteiger charge is 2.26. The van der Waals surface area contributed by atoms with Gasteiger partial charge in [-0.1, -0.05) is 17.2 Å². The first kappa shape index (κ1) is 21.0. The van der Waals surface area contributed by atoms with Gasteiger partial charge >= 0.3 is 13.2 Å². The van der Waals surface area contributed by atoms with Crippen molar-refractivity contribution in [3.05, 3.63) is 33.7 Å². The van der Waals surface area contributed by atoms with Crippen LogP contribution >= 0.6 is 0 Å². The van der Waals surface area contributed by atoms with E-state index in [0.29, 0.717) is 38.4 Å². The second-order valence-electron chi connectivity index (χ2n) is 7.63. The van der Waals surface area contributed by atoms with E-state index in [1.54, 1.807) is 11.0 Å². The fourth-order valence-electron chi connectivity index (χ4n) is 2.90. The first-order valence-corrected chi connectivity index (χ1v) is 8.85. The number of rotatable bonds is 4. The molecule has 146 valence electrons. The number of nitrogens with zero attached hydrogens (tertiary/aromatic N) is 5. The summed E-state index contributed by atoms with van der Waals surface area (Å²) in [5, 5.41) is 22.6. The lowest BCUT2D eigenvalue weighted by Gasteiger charge is -2.36. The molecule has 1 aromatic carbocycles. The first-order valence-electron chi connectivity index (χ1n) is 8.85. The summed E-state index contributed by atoms with van der Waals surface area (Å²) in [6, 6.07) is 3.18. The molecule has 27 heavy (non-hydrogen) atoms. The average molecular weight is 375 g/mol. The van der Waals surface area contributed by atoms with Crippen LogP contribution in [0.15, 0.2) is 17.2 Å². The Kier molecular flexibility index (Phi) is 6.72. The highest BCUT2D eigenvalue weighted by molar-refractivity contribution is 6.58. The molecule has 1 amide bonds. The number of hydrogen-bond acceptors (Lipinski definition) is 6. The molecule has 1 aromatic rings. The quantitative estimate of drug-likeness (QED) is 0.359. The van der Waals surface area contributed by atoms with Gasteiger partial charge in [-0.15, -0.1) is 0 Å². The maximum Gasteiger partial charge on any atom is 0.488 e. The number of carbonyl (C=O) groups excluding carboxylic acids is 1. The SMILES string of the molecule is Cc1c(CN2CCN(C(=O)OC(C)(C)C)CC2)cc(B(O)O)cc1N=[N+]=[N-]. The van der Waals surface area contributed by atoms with Gasteiger partial charge in [0.25, 0.3) is 0 Å². The molecular formula is C17H26BN5O4. The van der Waals surface area contributed by atoms with Crippen LogP contribution in [0.5, 0.6) is 0 Å². The van der Waals surface area contributed by atoms with E-state index in [0.717, 1.165) is 11.1 Å². The van der Waals surface area contributed by atoms with Crippen LogP contribution in [0.4, 0.5) is 10.5 Å². The number of carbonyl (C=O) groups is 1. The zero-order valence-corrected chi connectivity index (χ0v) is 16.2. The van der Waals surface area contributed by atoms with Gasteiger partial charge in [0.05, 0.1) is 0 Å². The smallest absolute Gasteiger partial charge is 0.444 e. The van der Waals surface area contributed by atoms with Crippen LogP contribution in [0.3, 0.4) is 0 Å². The van der Waals surface area contributed by atoms with Crippen molar-refractivity contribution in [3.63, 3.8) is 0 Å². The Bertz CT molecular complexity index is 736. The molecule has 0 unspecified atom stereocenters. The fraction of sp³-hybridized carbons (Fsp3) is 0.588. The van der Waals surface area contributed by atoms with Gasteiger partial charge in [-0.3, -0.25) is 4.90 Å². The molecule has 1 heterocycles. The van der Waals surface area contributed by atoms with E-state index in [-0.39, 0.29) is 11.6 Å². The molecule has 2 rings (SSSR count). The van der Waals surface area contributed by atoms with E-state index in [2.05, 4.69) is 14.9 Å². The van der Waals surface area contributed by atoms with Crippen LogP contribution in [0.2, 0.25) is 0 Å². The third-order valence-electron chi connectivity index (χ3n) is 4.38. The van der Waals surface area contributed by atoms with Crippen LogP contribution in [0.25, 0.3) is 10.4 Å². The monoisotopic (exact) mass is 375 g/mol. The van der Waals surface area contributed by atoms with Crippen LogP contribution in [0.1, 0.15) is 31.9 Å². The zero-order valence-electron chi connectivity index (χ0n) is 16.2. The molecule has 0 aliphatic carbocycles. The zero-order chi connectivity index (χ0) is 20.2. The lowest BCUT2D eigenvalue weighted by atomic mass is 9.78. The minimum absolute atomic E-state index is 0.283. The molecule has 0 spiro atoms. The summed E-state index contributed by atoms with van der Waals surface area (Å²) in [6.07, 6.45) is -0.311. The Morgan fingerprint density at radius 1 is 1.30 bits per heavy atom. The van der Waals surface area contributed by atoms with E-state index in [4.69, 9.17) is 10.3 Å². The van der Waals surface area contributed by atoms with E-state index in [1.165, 1.54) is 6.07 Å². The number of amides is 1. The van der Waals surface area contributed by atoms with Crippen molar-refractivity contribution >= 4 is 24.4 Å². The molecule has 0 aromatic heterocycles. The van der Waals surface area contributed by atoms with Crippen molar-refractivity contribution < 1.29 is 19.6 Å². The first-order chi connectivity index (χ1) is 12.6. The summed E-state index contributed by atoms with van der Waals surface area (Å²) in [7, 11) is -1.64. The summed E-state index contributed by atoms with van der Waals surface area (Å²) in [5.74, 6) is 0. The molecule has 1 aliphatic rings. The Morgan fingerprint density at radius 2 is 1.93 bits per heavy atom. The molecule has 1 aliphatic heterocycles. The normalized spacial score (nSPS) is 15.3. The molecular weight excluding hydrogens is 349 g/mol. The summed E-state index contributed by atoms with van der Waals surface area (Å²) in [6.45, 7) is 10.4. The van der Waals surface area contributed by atoms with Crippen molar-refractivity contribution in [1.29, 1.82) is 0 Å². The molecule has 1 fully saturated rings. The van der Waals surface area contributed by atoms with E-state index >= 15 is 0 Å². The van der Waals surface area contributed by atoms with Gasteiger partial charge in [0.1, 0.15) is 5.60 Å². The molecule has 0 saturated carbocycles. The minimum Gasteiger partial charge on any atom is -0.444 e. The number of hydrogen-bond donors (Lipinski definition) is 2. The Morgan fingerprint density at radius 3 is 2.44 bits per heavy atom. The lowest BCUT2D eigenvalue weighted by molar-refractivity contribution is 0.0139. The minimum atomic E-state index is -1.64.